The van der Waals surface area contributed by atoms with E-state index in [1.54, 1.807) is 62.4 Å². The maximum atomic E-state index is 13.3. The first-order valence-corrected chi connectivity index (χ1v) is 10.8. The zero-order valence-electron chi connectivity index (χ0n) is 19.2. The van der Waals surface area contributed by atoms with E-state index in [0.29, 0.717) is 11.1 Å². The SMILES string of the molecule is Cc1ccc(Oc2ccc(-c3ccc(Oc4ccc(C)cc4C(F)(F)F)cc3)cc2)c(C(F)(F)F)c1. The van der Waals surface area contributed by atoms with Crippen LogP contribution < -0.4 is 9.47 Å². The van der Waals surface area contributed by atoms with Crippen LogP contribution in [-0.4, -0.2) is 0 Å². The molecule has 0 saturated heterocycles. The Balaban J connectivity index is 1.50. The number of benzene rings is 4. The maximum Gasteiger partial charge on any atom is 0.419 e. The van der Waals surface area contributed by atoms with Gasteiger partial charge in [0.1, 0.15) is 23.0 Å². The van der Waals surface area contributed by atoms with Crippen LogP contribution in [0.15, 0.2) is 84.9 Å². The van der Waals surface area contributed by atoms with Crippen molar-refractivity contribution in [1.82, 2.24) is 0 Å². The Kier molecular flexibility index (Phi) is 6.71. The molecule has 0 amide bonds. The Labute approximate surface area is 203 Å². The molecule has 0 fully saturated rings. The van der Waals surface area contributed by atoms with E-state index in [-0.39, 0.29) is 23.0 Å². The molecule has 186 valence electrons. The summed E-state index contributed by atoms with van der Waals surface area (Å²) in [6, 6.07) is 20.6. The first-order valence-electron chi connectivity index (χ1n) is 10.8. The minimum Gasteiger partial charge on any atom is -0.457 e. The van der Waals surface area contributed by atoms with Crippen molar-refractivity contribution < 1.29 is 35.8 Å². The van der Waals surface area contributed by atoms with Gasteiger partial charge in [0.25, 0.3) is 0 Å². The van der Waals surface area contributed by atoms with Gasteiger partial charge in [-0.3, -0.25) is 0 Å². The van der Waals surface area contributed by atoms with Crippen LogP contribution in [0.4, 0.5) is 26.3 Å². The van der Waals surface area contributed by atoms with Gasteiger partial charge < -0.3 is 9.47 Å². The van der Waals surface area contributed by atoms with E-state index < -0.39 is 23.5 Å². The van der Waals surface area contributed by atoms with Crippen LogP contribution in [0.1, 0.15) is 22.3 Å². The monoisotopic (exact) mass is 502 g/mol. The molecule has 0 aliphatic rings. The van der Waals surface area contributed by atoms with Gasteiger partial charge in [-0.05, 0) is 73.5 Å². The van der Waals surface area contributed by atoms with Gasteiger partial charge in [-0.25, -0.2) is 0 Å². The molecule has 0 N–H and O–H groups in total. The topological polar surface area (TPSA) is 18.5 Å². The van der Waals surface area contributed by atoms with Crippen LogP contribution in [0, 0.1) is 13.8 Å². The largest absolute Gasteiger partial charge is 0.457 e. The van der Waals surface area contributed by atoms with Crippen molar-refractivity contribution in [2.24, 2.45) is 0 Å². The number of alkyl halides is 6. The van der Waals surface area contributed by atoms with Crippen molar-refractivity contribution in [1.29, 1.82) is 0 Å². The summed E-state index contributed by atoms with van der Waals surface area (Å²) in [5.74, 6) is -0.132. The smallest absolute Gasteiger partial charge is 0.419 e. The lowest BCUT2D eigenvalue weighted by Crippen LogP contribution is -2.07. The molecule has 0 bridgehead atoms. The van der Waals surface area contributed by atoms with Gasteiger partial charge in [-0.1, -0.05) is 47.5 Å². The predicted octanol–water partition coefficient (Wildman–Crippen LogP) is 9.59. The van der Waals surface area contributed by atoms with E-state index >= 15 is 0 Å². The number of hydrogen-bond donors (Lipinski definition) is 0. The highest BCUT2D eigenvalue weighted by atomic mass is 19.4. The van der Waals surface area contributed by atoms with E-state index in [4.69, 9.17) is 9.47 Å². The quantitative estimate of drug-likeness (QED) is 0.253. The van der Waals surface area contributed by atoms with Gasteiger partial charge >= 0.3 is 12.4 Å². The highest BCUT2D eigenvalue weighted by Crippen LogP contribution is 2.40. The highest BCUT2D eigenvalue weighted by Gasteiger charge is 2.35. The van der Waals surface area contributed by atoms with Gasteiger partial charge in [0.15, 0.2) is 0 Å². The predicted molar refractivity (Wildman–Crippen MR) is 124 cm³/mol. The molecule has 0 heterocycles. The molecule has 0 aliphatic carbocycles. The number of halogens is 6. The van der Waals surface area contributed by atoms with Crippen LogP contribution >= 0.6 is 0 Å². The molecule has 0 saturated carbocycles. The van der Waals surface area contributed by atoms with E-state index in [1.807, 2.05) is 0 Å². The second-order valence-corrected chi connectivity index (χ2v) is 8.25. The van der Waals surface area contributed by atoms with Crippen LogP contribution in [0.2, 0.25) is 0 Å². The molecular weight excluding hydrogens is 482 g/mol. The van der Waals surface area contributed by atoms with E-state index in [9.17, 15) is 26.3 Å². The standard InChI is InChI=1S/C28H20F6O2/c1-17-3-13-25(23(15-17)27(29,30)31)35-21-9-5-19(6-10-21)20-7-11-22(12-8-20)36-26-14-4-18(2)16-24(26)28(32,33)34/h3-16H,1-2H3. The molecule has 0 unspecified atom stereocenters. The Bertz CT molecular complexity index is 1250. The number of rotatable bonds is 5. The number of ether oxygens (including phenoxy) is 2. The molecular formula is C28H20F6O2. The van der Waals surface area contributed by atoms with Crippen LogP contribution in [0.3, 0.4) is 0 Å². The summed E-state index contributed by atoms with van der Waals surface area (Å²) in [7, 11) is 0. The summed E-state index contributed by atoms with van der Waals surface area (Å²) in [6.45, 7) is 3.14. The van der Waals surface area contributed by atoms with Gasteiger partial charge in [-0.2, -0.15) is 26.3 Å². The minimum atomic E-state index is -4.55. The van der Waals surface area contributed by atoms with E-state index in [2.05, 4.69) is 0 Å². The molecule has 4 aromatic carbocycles. The summed E-state index contributed by atoms with van der Waals surface area (Å²) in [5.41, 5.74) is 0.693. The molecule has 0 atom stereocenters. The number of aryl methyl sites for hydroxylation is 2. The van der Waals surface area contributed by atoms with Crippen molar-refractivity contribution in [3.8, 4) is 34.1 Å². The molecule has 2 nitrogen and oxygen atoms in total. The molecule has 8 heteroatoms. The lowest BCUT2D eigenvalue weighted by atomic mass is 10.1. The summed E-state index contributed by atoms with van der Waals surface area (Å²) < 4.78 is 91.0. The summed E-state index contributed by atoms with van der Waals surface area (Å²) in [4.78, 5) is 0. The molecule has 0 radical (unpaired) electrons. The zero-order chi connectivity index (χ0) is 26.1. The second-order valence-electron chi connectivity index (χ2n) is 8.25. The van der Waals surface area contributed by atoms with Gasteiger partial charge in [0, 0.05) is 0 Å². The Morgan fingerprint density at radius 3 is 1.11 bits per heavy atom. The molecule has 36 heavy (non-hydrogen) atoms. The first-order chi connectivity index (χ1) is 16.9. The minimum absolute atomic E-state index is 0.229. The number of hydrogen-bond acceptors (Lipinski definition) is 2. The van der Waals surface area contributed by atoms with Crippen molar-refractivity contribution >= 4 is 0 Å². The zero-order valence-corrected chi connectivity index (χ0v) is 19.2. The fourth-order valence-corrected chi connectivity index (χ4v) is 3.59. The lowest BCUT2D eigenvalue weighted by Gasteiger charge is -2.15. The molecule has 0 aromatic heterocycles. The Morgan fingerprint density at radius 1 is 0.472 bits per heavy atom. The maximum absolute atomic E-state index is 13.3. The van der Waals surface area contributed by atoms with Crippen LogP contribution in [0.25, 0.3) is 11.1 Å². The fraction of sp³-hybridized carbons (Fsp3) is 0.143. The Hall–Kier alpha value is -3.94. The molecule has 0 aliphatic heterocycles. The van der Waals surface area contributed by atoms with Crippen molar-refractivity contribution in [2.75, 3.05) is 0 Å². The van der Waals surface area contributed by atoms with Crippen molar-refractivity contribution in [3.63, 3.8) is 0 Å². The van der Waals surface area contributed by atoms with Gasteiger partial charge in [0.2, 0.25) is 0 Å². The van der Waals surface area contributed by atoms with Crippen LogP contribution in [-0.2, 0) is 12.4 Å². The Morgan fingerprint density at radius 2 is 0.806 bits per heavy atom. The lowest BCUT2D eigenvalue weighted by molar-refractivity contribution is -0.139. The van der Waals surface area contributed by atoms with E-state index in [0.717, 1.165) is 23.3 Å². The van der Waals surface area contributed by atoms with Crippen molar-refractivity contribution in [3.05, 3.63) is 107 Å². The van der Waals surface area contributed by atoms with Crippen molar-refractivity contribution in [2.45, 2.75) is 26.2 Å². The highest BCUT2D eigenvalue weighted by molar-refractivity contribution is 5.65. The normalized spacial score (nSPS) is 11.9. The molecule has 4 rings (SSSR count). The third kappa shape index (κ3) is 5.82. The average Bonchev–Trinajstić information content (AvgIpc) is 2.81. The summed E-state index contributed by atoms with van der Waals surface area (Å²) in [6.07, 6.45) is -9.10. The van der Waals surface area contributed by atoms with Crippen LogP contribution in [0.5, 0.6) is 23.0 Å². The fourth-order valence-electron chi connectivity index (χ4n) is 3.59. The second kappa shape index (κ2) is 9.60. The summed E-state index contributed by atoms with van der Waals surface area (Å²) in [5, 5.41) is 0. The summed E-state index contributed by atoms with van der Waals surface area (Å²) >= 11 is 0. The molecule has 0 spiro atoms. The first kappa shape index (κ1) is 25.2. The third-order valence-corrected chi connectivity index (χ3v) is 5.38. The van der Waals surface area contributed by atoms with E-state index in [1.165, 1.54) is 24.3 Å². The molecule has 4 aromatic rings. The average molecular weight is 502 g/mol. The van der Waals surface area contributed by atoms with Gasteiger partial charge in [0.05, 0.1) is 11.1 Å². The third-order valence-electron chi connectivity index (χ3n) is 5.38. The van der Waals surface area contributed by atoms with Gasteiger partial charge in [-0.15, -0.1) is 0 Å².